The lowest BCUT2D eigenvalue weighted by Crippen LogP contribution is -2.28. The number of aryl methyl sites for hydroxylation is 1. The highest BCUT2D eigenvalue weighted by Gasteiger charge is 2.34. The number of benzene rings is 2. The highest BCUT2D eigenvalue weighted by Crippen LogP contribution is 2.25. The van der Waals surface area contributed by atoms with Gasteiger partial charge in [0, 0.05) is 24.9 Å². The van der Waals surface area contributed by atoms with Crippen LogP contribution in [0.25, 0.3) is 10.9 Å². The zero-order valence-corrected chi connectivity index (χ0v) is 14.5. The zero-order valence-electron chi connectivity index (χ0n) is 14.5. The Morgan fingerprint density at radius 1 is 1.27 bits per heavy atom. The number of anilines is 1. The molecule has 1 aliphatic heterocycles. The van der Waals surface area contributed by atoms with Gasteiger partial charge in [-0.15, -0.1) is 0 Å². The quantitative estimate of drug-likeness (QED) is 0.761. The number of para-hydroxylation sites is 1. The van der Waals surface area contributed by atoms with Gasteiger partial charge in [0.15, 0.2) is 0 Å². The SMILES string of the molecule is Cc1ccc(CN2CC(C(=O)Nc3cccc4cn[nH]c34)CC2=O)cc1. The Hall–Kier alpha value is -3.15. The van der Waals surface area contributed by atoms with Crippen LogP contribution < -0.4 is 5.32 Å². The van der Waals surface area contributed by atoms with Crippen molar-refractivity contribution in [2.24, 2.45) is 5.92 Å². The van der Waals surface area contributed by atoms with Gasteiger partial charge in [-0.1, -0.05) is 42.0 Å². The van der Waals surface area contributed by atoms with Crippen molar-refractivity contribution in [1.82, 2.24) is 15.1 Å². The van der Waals surface area contributed by atoms with Crippen LogP contribution in [-0.2, 0) is 16.1 Å². The summed E-state index contributed by atoms with van der Waals surface area (Å²) in [5.74, 6) is -0.455. The Labute approximate surface area is 151 Å². The molecule has 0 saturated carbocycles. The number of aromatic nitrogens is 2. The van der Waals surface area contributed by atoms with Gasteiger partial charge in [0.05, 0.1) is 23.3 Å². The summed E-state index contributed by atoms with van der Waals surface area (Å²) >= 11 is 0. The molecule has 0 radical (unpaired) electrons. The first-order chi connectivity index (χ1) is 12.6. The highest BCUT2D eigenvalue weighted by molar-refractivity contribution is 6.02. The Bertz CT molecular complexity index is 961. The average molecular weight is 348 g/mol. The molecule has 1 aliphatic rings. The molecule has 1 fully saturated rings. The van der Waals surface area contributed by atoms with E-state index >= 15 is 0 Å². The van der Waals surface area contributed by atoms with Crippen molar-refractivity contribution < 1.29 is 9.59 Å². The Morgan fingerprint density at radius 2 is 2.08 bits per heavy atom. The van der Waals surface area contributed by atoms with Gasteiger partial charge in [-0.2, -0.15) is 5.10 Å². The lowest BCUT2D eigenvalue weighted by atomic mass is 10.1. The van der Waals surface area contributed by atoms with E-state index in [1.54, 1.807) is 11.1 Å². The number of H-pyrrole nitrogens is 1. The van der Waals surface area contributed by atoms with Crippen LogP contribution in [0.2, 0.25) is 0 Å². The minimum atomic E-state index is -0.342. The smallest absolute Gasteiger partial charge is 0.229 e. The molecule has 2 N–H and O–H groups in total. The third kappa shape index (κ3) is 3.18. The lowest BCUT2D eigenvalue weighted by Gasteiger charge is -2.17. The van der Waals surface area contributed by atoms with Crippen LogP contribution >= 0.6 is 0 Å². The maximum absolute atomic E-state index is 12.6. The van der Waals surface area contributed by atoms with Crippen LogP contribution in [0.15, 0.2) is 48.7 Å². The van der Waals surface area contributed by atoms with Crippen molar-refractivity contribution in [2.45, 2.75) is 19.9 Å². The molecule has 0 spiro atoms. The second kappa shape index (κ2) is 6.63. The number of likely N-dealkylation sites (tertiary alicyclic amines) is 1. The minimum Gasteiger partial charge on any atom is -0.338 e. The van der Waals surface area contributed by atoms with Crippen molar-refractivity contribution in [1.29, 1.82) is 0 Å². The maximum atomic E-state index is 12.6. The van der Waals surface area contributed by atoms with E-state index in [2.05, 4.69) is 15.5 Å². The first kappa shape index (κ1) is 16.3. The number of rotatable bonds is 4. The summed E-state index contributed by atoms with van der Waals surface area (Å²) in [6, 6.07) is 13.7. The van der Waals surface area contributed by atoms with Crippen LogP contribution in [-0.4, -0.2) is 33.5 Å². The van der Waals surface area contributed by atoms with Crippen molar-refractivity contribution in [3.63, 3.8) is 0 Å². The van der Waals surface area contributed by atoms with E-state index in [4.69, 9.17) is 0 Å². The fraction of sp³-hybridized carbons (Fsp3) is 0.250. The maximum Gasteiger partial charge on any atom is 0.229 e. The summed E-state index contributed by atoms with van der Waals surface area (Å²) in [6.07, 6.45) is 1.96. The van der Waals surface area contributed by atoms with E-state index in [0.29, 0.717) is 18.8 Å². The van der Waals surface area contributed by atoms with Gasteiger partial charge in [0.1, 0.15) is 0 Å². The fourth-order valence-corrected chi connectivity index (χ4v) is 3.32. The predicted molar refractivity (Wildman–Crippen MR) is 99.4 cm³/mol. The highest BCUT2D eigenvalue weighted by atomic mass is 16.2. The van der Waals surface area contributed by atoms with E-state index in [1.165, 1.54) is 5.56 Å². The average Bonchev–Trinajstić information content (AvgIpc) is 3.25. The second-order valence-corrected chi connectivity index (χ2v) is 6.79. The topological polar surface area (TPSA) is 78.1 Å². The summed E-state index contributed by atoms with van der Waals surface area (Å²) in [7, 11) is 0. The lowest BCUT2D eigenvalue weighted by molar-refractivity contribution is -0.128. The number of carbonyl (C=O) groups excluding carboxylic acids is 2. The van der Waals surface area contributed by atoms with Gasteiger partial charge in [-0.05, 0) is 18.6 Å². The molecule has 1 aromatic heterocycles. The van der Waals surface area contributed by atoms with Crippen LogP contribution in [0.4, 0.5) is 5.69 Å². The Morgan fingerprint density at radius 3 is 2.88 bits per heavy atom. The van der Waals surface area contributed by atoms with E-state index in [0.717, 1.165) is 16.5 Å². The molecule has 2 amide bonds. The zero-order chi connectivity index (χ0) is 18.1. The van der Waals surface area contributed by atoms with Gasteiger partial charge in [-0.25, -0.2) is 0 Å². The Kier molecular flexibility index (Phi) is 4.16. The molecule has 1 atom stereocenters. The van der Waals surface area contributed by atoms with Gasteiger partial charge >= 0.3 is 0 Å². The molecular formula is C20H20N4O2. The number of nitrogens with zero attached hydrogens (tertiary/aromatic N) is 2. The predicted octanol–water partition coefficient (Wildman–Crippen LogP) is 2.86. The third-order valence-electron chi connectivity index (χ3n) is 4.81. The molecule has 26 heavy (non-hydrogen) atoms. The standard InChI is InChI=1S/C20H20N4O2/c1-13-5-7-14(8-6-13)11-24-12-16(9-18(24)25)20(26)22-17-4-2-3-15-10-21-23-19(15)17/h2-8,10,16H,9,11-12H2,1H3,(H,21,23)(H,22,26). The van der Waals surface area contributed by atoms with E-state index in [9.17, 15) is 9.59 Å². The van der Waals surface area contributed by atoms with E-state index in [1.807, 2.05) is 49.4 Å². The van der Waals surface area contributed by atoms with Crippen LogP contribution in [0, 0.1) is 12.8 Å². The molecule has 2 aromatic carbocycles. The molecule has 4 rings (SSSR count). The Balaban J connectivity index is 1.43. The number of fused-ring (bicyclic) bond motifs is 1. The number of amides is 2. The van der Waals surface area contributed by atoms with Crippen molar-refractivity contribution in [3.8, 4) is 0 Å². The number of carbonyl (C=O) groups is 2. The van der Waals surface area contributed by atoms with Crippen LogP contribution in [0.1, 0.15) is 17.5 Å². The molecule has 132 valence electrons. The second-order valence-electron chi connectivity index (χ2n) is 6.79. The number of hydrogen-bond acceptors (Lipinski definition) is 3. The van der Waals surface area contributed by atoms with Gasteiger partial charge in [-0.3, -0.25) is 14.7 Å². The number of aromatic amines is 1. The van der Waals surface area contributed by atoms with Gasteiger partial charge < -0.3 is 10.2 Å². The summed E-state index contributed by atoms with van der Waals surface area (Å²) in [6.45, 7) is 3.02. The normalized spacial score (nSPS) is 17.0. The molecule has 6 heteroatoms. The molecule has 2 heterocycles. The molecule has 3 aromatic rings. The largest absolute Gasteiger partial charge is 0.338 e. The molecule has 6 nitrogen and oxygen atoms in total. The fourth-order valence-electron chi connectivity index (χ4n) is 3.32. The molecule has 0 bridgehead atoms. The number of hydrogen-bond donors (Lipinski definition) is 2. The van der Waals surface area contributed by atoms with E-state index in [-0.39, 0.29) is 24.2 Å². The van der Waals surface area contributed by atoms with E-state index < -0.39 is 0 Å². The van der Waals surface area contributed by atoms with Crippen molar-refractivity contribution >= 4 is 28.4 Å². The molecular weight excluding hydrogens is 328 g/mol. The third-order valence-corrected chi connectivity index (χ3v) is 4.81. The summed E-state index contributed by atoms with van der Waals surface area (Å²) < 4.78 is 0. The molecule has 0 aliphatic carbocycles. The molecule has 1 saturated heterocycles. The molecule has 1 unspecified atom stereocenters. The van der Waals surface area contributed by atoms with Crippen molar-refractivity contribution in [3.05, 3.63) is 59.8 Å². The summed E-state index contributed by atoms with van der Waals surface area (Å²) in [5.41, 5.74) is 3.75. The van der Waals surface area contributed by atoms with Crippen LogP contribution in [0.3, 0.4) is 0 Å². The summed E-state index contributed by atoms with van der Waals surface area (Å²) in [4.78, 5) is 26.7. The monoisotopic (exact) mass is 348 g/mol. The van der Waals surface area contributed by atoms with Crippen LogP contribution in [0.5, 0.6) is 0 Å². The summed E-state index contributed by atoms with van der Waals surface area (Å²) in [5, 5.41) is 10.8. The van der Waals surface area contributed by atoms with Gasteiger partial charge in [0.25, 0.3) is 0 Å². The first-order valence-electron chi connectivity index (χ1n) is 8.66. The minimum absolute atomic E-state index is 0.0190. The number of nitrogens with one attached hydrogen (secondary N) is 2. The van der Waals surface area contributed by atoms with Gasteiger partial charge in [0.2, 0.25) is 11.8 Å². The first-order valence-corrected chi connectivity index (χ1v) is 8.66. The van der Waals surface area contributed by atoms with Crippen molar-refractivity contribution in [2.75, 3.05) is 11.9 Å².